The van der Waals surface area contributed by atoms with Crippen molar-refractivity contribution >= 4 is 17.2 Å². The second-order valence-corrected chi connectivity index (χ2v) is 6.18. The van der Waals surface area contributed by atoms with Gasteiger partial charge in [0.25, 0.3) is 5.91 Å². The van der Waals surface area contributed by atoms with Crippen molar-refractivity contribution < 1.29 is 9.32 Å². The molecule has 118 valence electrons. The third kappa shape index (κ3) is 3.84. The Balaban J connectivity index is 1.76. The molecule has 0 spiro atoms. The molecular formula is C17H17N3O2S. The summed E-state index contributed by atoms with van der Waals surface area (Å²) in [6.07, 6.45) is 3.96. The molecule has 0 bridgehead atoms. The first-order valence-electron chi connectivity index (χ1n) is 7.36. The number of hydrogen-bond acceptors (Lipinski definition) is 5. The summed E-state index contributed by atoms with van der Waals surface area (Å²) in [7, 11) is 0. The minimum Gasteiger partial charge on any atom is -0.364 e. The molecule has 0 atom stereocenters. The van der Waals surface area contributed by atoms with E-state index in [1.165, 1.54) is 11.8 Å². The van der Waals surface area contributed by atoms with Gasteiger partial charge >= 0.3 is 0 Å². The fourth-order valence-electron chi connectivity index (χ4n) is 2.32. The summed E-state index contributed by atoms with van der Waals surface area (Å²) in [5.74, 6) is -0.0742. The van der Waals surface area contributed by atoms with E-state index in [1.807, 2.05) is 23.6 Å². The monoisotopic (exact) mass is 327 g/mol. The van der Waals surface area contributed by atoms with Gasteiger partial charge in [0.2, 0.25) is 0 Å². The Kier molecular flexibility index (Phi) is 4.83. The minimum absolute atomic E-state index is 0.0742. The normalized spacial score (nSPS) is 10.7. The molecule has 3 rings (SSSR count). The van der Waals surface area contributed by atoms with Gasteiger partial charge in [0.05, 0.1) is 12.2 Å². The minimum atomic E-state index is -0.0742. The summed E-state index contributed by atoms with van der Waals surface area (Å²) < 4.78 is 4.90. The van der Waals surface area contributed by atoms with E-state index in [9.17, 15) is 4.79 Å². The van der Waals surface area contributed by atoms with Gasteiger partial charge < -0.3 is 9.42 Å². The van der Waals surface area contributed by atoms with E-state index in [1.54, 1.807) is 29.4 Å². The largest absolute Gasteiger partial charge is 0.364 e. The van der Waals surface area contributed by atoms with Crippen LogP contribution in [0.25, 0.3) is 0 Å². The Labute approximate surface area is 138 Å². The van der Waals surface area contributed by atoms with Crippen molar-refractivity contribution in [3.8, 4) is 0 Å². The molecule has 2 aromatic heterocycles. The van der Waals surface area contributed by atoms with Crippen LogP contribution in [0.2, 0.25) is 0 Å². The Bertz CT molecular complexity index is 753. The van der Waals surface area contributed by atoms with Gasteiger partial charge in [-0.05, 0) is 18.9 Å². The average Bonchev–Trinajstić information content (AvgIpc) is 3.23. The van der Waals surface area contributed by atoms with Gasteiger partial charge in [-0.25, -0.2) is 4.98 Å². The van der Waals surface area contributed by atoms with E-state index in [2.05, 4.69) is 22.3 Å². The maximum Gasteiger partial charge on any atom is 0.259 e. The van der Waals surface area contributed by atoms with E-state index >= 15 is 0 Å². The van der Waals surface area contributed by atoms with Crippen LogP contribution in [-0.4, -0.2) is 27.5 Å². The number of thiazole rings is 1. The number of rotatable bonds is 6. The molecular weight excluding hydrogens is 310 g/mol. The van der Waals surface area contributed by atoms with Gasteiger partial charge in [0.15, 0.2) is 0 Å². The van der Waals surface area contributed by atoms with Crippen LogP contribution < -0.4 is 0 Å². The lowest BCUT2D eigenvalue weighted by molar-refractivity contribution is 0.0743. The molecule has 0 aliphatic carbocycles. The maximum atomic E-state index is 12.8. The lowest BCUT2D eigenvalue weighted by atomic mass is 10.1. The zero-order chi connectivity index (χ0) is 16.1. The van der Waals surface area contributed by atoms with Crippen LogP contribution >= 0.6 is 11.3 Å². The van der Waals surface area contributed by atoms with Gasteiger partial charge in [-0.15, -0.1) is 11.3 Å². The molecule has 23 heavy (non-hydrogen) atoms. The van der Waals surface area contributed by atoms with E-state index in [0.29, 0.717) is 24.3 Å². The van der Waals surface area contributed by atoms with Crippen molar-refractivity contribution in [3.05, 3.63) is 70.0 Å². The summed E-state index contributed by atoms with van der Waals surface area (Å²) in [4.78, 5) is 18.9. The van der Waals surface area contributed by atoms with Gasteiger partial charge in [-0.1, -0.05) is 35.5 Å². The molecule has 0 N–H and O–H groups in total. The van der Waals surface area contributed by atoms with E-state index in [-0.39, 0.29) is 5.91 Å². The van der Waals surface area contributed by atoms with Crippen molar-refractivity contribution in [1.82, 2.24) is 15.0 Å². The molecule has 0 fully saturated rings. The second kappa shape index (κ2) is 7.19. The number of hydrogen-bond donors (Lipinski definition) is 0. The van der Waals surface area contributed by atoms with Crippen LogP contribution in [0, 0.1) is 6.92 Å². The lowest BCUT2D eigenvalue weighted by Gasteiger charge is -2.21. The van der Waals surface area contributed by atoms with E-state index < -0.39 is 0 Å². The predicted molar refractivity (Wildman–Crippen MR) is 88.2 cm³/mol. The molecule has 1 aromatic carbocycles. The molecule has 0 saturated carbocycles. The zero-order valence-electron chi connectivity index (χ0n) is 12.8. The molecule has 0 radical (unpaired) electrons. The SMILES string of the molecule is Cc1nocc1C(=O)N(CCc1ccccc1)Cc1nccs1. The first-order chi connectivity index (χ1) is 11.2. The maximum absolute atomic E-state index is 12.8. The molecule has 0 saturated heterocycles. The number of benzene rings is 1. The van der Waals surface area contributed by atoms with Gasteiger partial charge in [-0.3, -0.25) is 4.79 Å². The molecule has 0 aliphatic rings. The van der Waals surface area contributed by atoms with Crippen LogP contribution in [0.5, 0.6) is 0 Å². The predicted octanol–water partition coefficient (Wildman–Crippen LogP) is 3.32. The summed E-state index contributed by atoms with van der Waals surface area (Å²) in [6.45, 7) is 2.89. The van der Waals surface area contributed by atoms with Gasteiger partial charge in [-0.2, -0.15) is 0 Å². The quantitative estimate of drug-likeness (QED) is 0.697. The second-order valence-electron chi connectivity index (χ2n) is 5.20. The van der Waals surface area contributed by atoms with Crippen molar-refractivity contribution in [2.45, 2.75) is 19.9 Å². The number of aromatic nitrogens is 2. The summed E-state index contributed by atoms with van der Waals surface area (Å²) in [5, 5.41) is 6.63. The highest BCUT2D eigenvalue weighted by molar-refractivity contribution is 7.09. The molecule has 0 unspecified atom stereocenters. The highest BCUT2D eigenvalue weighted by Crippen LogP contribution is 2.15. The Morgan fingerprint density at radius 3 is 2.78 bits per heavy atom. The van der Waals surface area contributed by atoms with Crippen LogP contribution in [-0.2, 0) is 13.0 Å². The first-order valence-corrected chi connectivity index (χ1v) is 8.24. The van der Waals surface area contributed by atoms with Crippen LogP contribution in [0.4, 0.5) is 0 Å². The van der Waals surface area contributed by atoms with Crippen LogP contribution in [0.1, 0.15) is 26.6 Å². The summed E-state index contributed by atoms with van der Waals surface area (Å²) >= 11 is 1.55. The first kappa shape index (κ1) is 15.4. The van der Waals surface area contributed by atoms with E-state index in [4.69, 9.17) is 4.52 Å². The molecule has 0 aliphatic heterocycles. The topological polar surface area (TPSA) is 59.2 Å². The van der Waals surface area contributed by atoms with Crippen LogP contribution in [0.3, 0.4) is 0 Å². The number of nitrogens with zero attached hydrogens (tertiary/aromatic N) is 3. The highest BCUT2D eigenvalue weighted by atomic mass is 32.1. The Morgan fingerprint density at radius 1 is 1.30 bits per heavy atom. The average molecular weight is 327 g/mol. The Morgan fingerprint density at radius 2 is 2.13 bits per heavy atom. The lowest BCUT2D eigenvalue weighted by Crippen LogP contribution is -2.32. The van der Waals surface area contributed by atoms with Crippen LogP contribution in [0.15, 0.2) is 52.7 Å². The molecule has 5 nitrogen and oxygen atoms in total. The third-order valence-electron chi connectivity index (χ3n) is 3.59. The molecule has 1 amide bonds. The summed E-state index contributed by atoms with van der Waals surface area (Å²) in [5.41, 5.74) is 2.32. The number of amides is 1. The fraction of sp³-hybridized carbons (Fsp3) is 0.235. The van der Waals surface area contributed by atoms with Crippen molar-refractivity contribution in [3.63, 3.8) is 0 Å². The van der Waals surface area contributed by atoms with Crippen molar-refractivity contribution in [2.75, 3.05) is 6.54 Å². The molecule has 2 heterocycles. The number of carbonyl (C=O) groups is 1. The molecule has 3 aromatic rings. The van der Waals surface area contributed by atoms with Gasteiger partial charge in [0, 0.05) is 18.1 Å². The number of aryl methyl sites for hydroxylation is 1. The van der Waals surface area contributed by atoms with E-state index in [0.717, 1.165) is 11.4 Å². The highest BCUT2D eigenvalue weighted by Gasteiger charge is 2.21. The summed E-state index contributed by atoms with van der Waals surface area (Å²) in [6, 6.07) is 10.1. The Hall–Kier alpha value is -2.47. The molecule has 6 heteroatoms. The zero-order valence-corrected chi connectivity index (χ0v) is 13.6. The standard InChI is InChI=1S/C17H17N3O2S/c1-13-15(12-22-19-13)17(21)20(11-16-18-8-10-23-16)9-7-14-5-3-2-4-6-14/h2-6,8,10,12H,7,9,11H2,1H3. The van der Waals surface area contributed by atoms with Gasteiger partial charge in [0.1, 0.15) is 16.8 Å². The third-order valence-corrected chi connectivity index (χ3v) is 4.35. The fourth-order valence-corrected chi connectivity index (χ4v) is 2.95. The van der Waals surface area contributed by atoms with Crippen molar-refractivity contribution in [1.29, 1.82) is 0 Å². The van der Waals surface area contributed by atoms with Crippen molar-refractivity contribution in [2.24, 2.45) is 0 Å². The smallest absolute Gasteiger partial charge is 0.259 e. The number of carbonyl (C=O) groups excluding carboxylic acids is 1.